The zero-order valence-electron chi connectivity index (χ0n) is 7.36. The van der Waals surface area contributed by atoms with Crippen molar-refractivity contribution in [2.45, 2.75) is 32.2 Å². The summed E-state index contributed by atoms with van der Waals surface area (Å²) < 4.78 is 0. The molecule has 0 N–H and O–H groups in total. The molecule has 0 aromatic rings. The monoisotopic (exact) mass is 166 g/mol. The minimum atomic E-state index is 0.244. The largest absolute Gasteiger partial charge is 0.329 e. The van der Waals surface area contributed by atoms with Gasteiger partial charge in [-0.05, 0) is 18.8 Å². The lowest BCUT2D eigenvalue weighted by molar-refractivity contribution is -0.118. The summed E-state index contributed by atoms with van der Waals surface area (Å²) in [6.07, 6.45) is 4.23. The normalized spacial score (nSPS) is 26.0. The van der Waals surface area contributed by atoms with Gasteiger partial charge < -0.3 is 4.90 Å². The lowest BCUT2D eigenvalue weighted by Crippen LogP contribution is -2.25. The average Bonchev–Trinajstić information content (AvgIpc) is 2.81. The van der Waals surface area contributed by atoms with Crippen molar-refractivity contribution in [3.05, 3.63) is 0 Å². The van der Waals surface area contributed by atoms with Crippen LogP contribution < -0.4 is 0 Å². The molecule has 0 saturated heterocycles. The Kier molecular flexibility index (Phi) is 3.09. The first-order valence-corrected chi connectivity index (χ1v) is 4.41. The maximum Gasteiger partial charge on any atom is 0.210 e. The molecule has 1 fully saturated rings. The molecule has 0 aliphatic heterocycles. The van der Waals surface area contributed by atoms with E-state index in [1.807, 2.05) is 6.07 Å². The molecule has 1 aliphatic rings. The summed E-state index contributed by atoms with van der Waals surface area (Å²) in [6.45, 7) is 2.39. The van der Waals surface area contributed by atoms with Gasteiger partial charge in [-0.1, -0.05) is 13.3 Å². The molecule has 2 atom stereocenters. The van der Waals surface area contributed by atoms with Gasteiger partial charge in [0.1, 0.15) is 6.54 Å². The van der Waals surface area contributed by atoms with Gasteiger partial charge >= 0.3 is 0 Å². The van der Waals surface area contributed by atoms with E-state index in [1.54, 1.807) is 4.90 Å². The maximum atomic E-state index is 10.5. The van der Waals surface area contributed by atoms with Crippen LogP contribution in [0.2, 0.25) is 0 Å². The number of amides is 1. The highest BCUT2D eigenvalue weighted by atomic mass is 16.1. The van der Waals surface area contributed by atoms with Crippen molar-refractivity contribution >= 4 is 6.41 Å². The third-order valence-electron chi connectivity index (χ3n) is 2.36. The maximum absolute atomic E-state index is 10.5. The molecule has 0 heterocycles. The minimum Gasteiger partial charge on any atom is -0.329 e. The van der Waals surface area contributed by atoms with Gasteiger partial charge in [0.2, 0.25) is 6.41 Å². The standard InChI is InChI=1S/C9H14N2O/c1-2-3-8-6-9(8)11(7-12)5-4-10/h7-9H,2-3,5-6H2,1H3. The summed E-state index contributed by atoms with van der Waals surface area (Å²) >= 11 is 0. The zero-order valence-corrected chi connectivity index (χ0v) is 7.36. The predicted octanol–water partition coefficient (Wildman–Crippen LogP) is 1.16. The molecule has 1 rings (SSSR count). The fourth-order valence-corrected chi connectivity index (χ4v) is 1.63. The highest BCUT2D eigenvalue weighted by Gasteiger charge is 2.40. The van der Waals surface area contributed by atoms with Crippen molar-refractivity contribution in [1.29, 1.82) is 5.26 Å². The molecular formula is C9H14N2O. The first kappa shape index (κ1) is 9.05. The van der Waals surface area contributed by atoms with Crippen molar-refractivity contribution in [1.82, 2.24) is 4.90 Å². The molecule has 1 aliphatic carbocycles. The van der Waals surface area contributed by atoms with Crippen LogP contribution >= 0.6 is 0 Å². The fraction of sp³-hybridized carbons (Fsp3) is 0.778. The molecule has 66 valence electrons. The Labute approximate surface area is 73.0 Å². The number of carbonyl (C=O) groups excluding carboxylic acids is 1. The summed E-state index contributed by atoms with van der Waals surface area (Å²) in [5, 5.41) is 8.41. The van der Waals surface area contributed by atoms with Gasteiger partial charge in [-0.15, -0.1) is 0 Å². The smallest absolute Gasteiger partial charge is 0.210 e. The molecule has 0 radical (unpaired) electrons. The summed E-state index contributed by atoms with van der Waals surface area (Å²) in [4.78, 5) is 12.1. The van der Waals surface area contributed by atoms with E-state index in [-0.39, 0.29) is 6.54 Å². The molecule has 0 aromatic carbocycles. The number of rotatable bonds is 5. The van der Waals surface area contributed by atoms with Crippen LogP contribution in [0.25, 0.3) is 0 Å². The van der Waals surface area contributed by atoms with E-state index < -0.39 is 0 Å². The van der Waals surface area contributed by atoms with Crippen LogP contribution in [-0.4, -0.2) is 23.9 Å². The van der Waals surface area contributed by atoms with E-state index >= 15 is 0 Å². The number of nitrogens with zero attached hydrogens (tertiary/aromatic N) is 2. The third-order valence-corrected chi connectivity index (χ3v) is 2.36. The summed E-state index contributed by atoms with van der Waals surface area (Å²) in [5.41, 5.74) is 0. The molecule has 1 saturated carbocycles. The van der Waals surface area contributed by atoms with Crippen LogP contribution in [0.15, 0.2) is 0 Å². The number of hydrogen-bond donors (Lipinski definition) is 0. The molecular weight excluding hydrogens is 152 g/mol. The predicted molar refractivity (Wildman–Crippen MR) is 45.2 cm³/mol. The average molecular weight is 166 g/mol. The van der Waals surface area contributed by atoms with Crippen LogP contribution in [0.5, 0.6) is 0 Å². The van der Waals surface area contributed by atoms with Gasteiger partial charge in [0.05, 0.1) is 6.07 Å². The van der Waals surface area contributed by atoms with Gasteiger partial charge in [-0.25, -0.2) is 0 Å². The zero-order chi connectivity index (χ0) is 8.97. The summed E-state index contributed by atoms with van der Waals surface area (Å²) in [6, 6.07) is 2.36. The van der Waals surface area contributed by atoms with E-state index in [2.05, 4.69) is 6.92 Å². The Hall–Kier alpha value is -1.04. The minimum absolute atomic E-state index is 0.244. The first-order chi connectivity index (χ1) is 5.83. The Morgan fingerprint density at radius 1 is 1.75 bits per heavy atom. The summed E-state index contributed by atoms with van der Waals surface area (Å²) in [7, 11) is 0. The number of carbonyl (C=O) groups is 1. The molecule has 2 unspecified atom stereocenters. The van der Waals surface area contributed by atoms with E-state index in [0.717, 1.165) is 12.8 Å². The van der Waals surface area contributed by atoms with Crippen LogP contribution in [-0.2, 0) is 4.79 Å². The Morgan fingerprint density at radius 3 is 3.00 bits per heavy atom. The van der Waals surface area contributed by atoms with Crippen molar-refractivity contribution in [2.75, 3.05) is 6.54 Å². The number of hydrogen-bond acceptors (Lipinski definition) is 2. The van der Waals surface area contributed by atoms with Gasteiger partial charge in [0, 0.05) is 6.04 Å². The van der Waals surface area contributed by atoms with E-state index in [1.165, 1.54) is 12.8 Å². The van der Waals surface area contributed by atoms with Gasteiger partial charge in [0.25, 0.3) is 0 Å². The van der Waals surface area contributed by atoms with Crippen LogP contribution in [0, 0.1) is 17.2 Å². The lowest BCUT2D eigenvalue weighted by Gasteiger charge is -2.12. The van der Waals surface area contributed by atoms with Crippen LogP contribution in [0.3, 0.4) is 0 Å². The second-order valence-corrected chi connectivity index (χ2v) is 3.29. The van der Waals surface area contributed by atoms with Crippen molar-refractivity contribution in [3.8, 4) is 6.07 Å². The van der Waals surface area contributed by atoms with Crippen LogP contribution in [0.1, 0.15) is 26.2 Å². The fourth-order valence-electron chi connectivity index (χ4n) is 1.63. The molecule has 3 nitrogen and oxygen atoms in total. The quantitative estimate of drug-likeness (QED) is 0.454. The van der Waals surface area contributed by atoms with Crippen molar-refractivity contribution in [3.63, 3.8) is 0 Å². The molecule has 0 spiro atoms. The SMILES string of the molecule is CCCC1CC1N(C=O)CC#N. The second-order valence-electron chi connectivity index (χ2n) is 3.29. The van der Waals surface area contributed by atoms with Crippen molar-refractivity contribution < 1.29 is 4.79 Å². The highest BCUT2D eigenvalue weighted by molar-refractivity contribution is 5.49. The Morgan fingerprint density at radius 2 is 2.50 bits per heavy atom. The third kappa shape index (κ3) is 1.97. The van der Waals surface area contributed by atoms with Crippen molar-refractivity contribution in [2.24, 2.45) is 5.92 Å². The second kappa shape index (κ2) is 4.10. The molecule has 3 heteroatoms. The molecule has 12 heavy (non-hydrogen) atoms. The topological polar surface area (TPSA) is 44.1 Å². The number of nitriles is 1. The van der Waals surface area contributed by atoms with Gasteiger partial charge in [0.15, 0.2) is 0 Å². The Bertz CT molecular complexity index is 197. The van der Waals surface area contributed by atoms with Gasteiger partial charge in [-0.2, -0.15) is 5.26 Å². The van der Waals surface area contributed by atoms with E-state index in [4.69, 9.17) is 5.26 Å². The summed E-state index contributed by atoms with van der Waals surface area (Å²) in [5.74, 6) is 0.661. The lowest BCUT2D eigenvalue weighted by atomic mass is 10.2. The highest BCUT2D eigenvalue weighted by Crippen LogP contribution is 2.38. The van der Waals surface area contributed by atoms with E-state index in [0.29, 0.717) is 12.0 Å². The first-order valence-electron chi connectivity index (χ1n) is 4.41. The molecule has 0 bridgehead atoms. The molecule has 1 amide bonds. The molecule has 0 aromatic heterocycles. The van der Waals surface area contributed by atoms with Crippen LogP contribution in [0.4, 0.5) is 0 Å². The van der Waals surface area contributed by atoms with E-state index in [9.17, 15) is 4.79 Å². The van der Waals surface area contributed by atoms with Gasteiger partial charge in [-0.3, -0.25) is 4.79 Å². The Balaban J connectivity index is 2.29.